The maximum absolute atomic E-state index is 13.9. The third kappa shape index (κ3) is 5.97. The van der Waals surface area contributed by atoms with Crippen molar-refractivity contribution in [1.82, 2.24) is 14.8 Å². The number of carbonyl (C=O) groups is 1. The lowest BCUT2D eigenvalue weighted by Gasteiger charge is -2.16. The number of hydrogen-bond acceptors (Lipinski definition) is 6. The molecule has 170 valence electrons. The molecule has 1 amide bonds. The maximum atomic E-state index is 13.9. The standard InChI is InChI=1S/C22H24F2N4O3S/c1-4-28-21(14(3)31-19-11-6-15(23)12-18(19)24)26-27-22(28)32-13-20(29)25-16-7-9-17(10-8-16)30-5-2/h6-12,14H,4-5,13H2,1-3H3,(H,25,29). The monoisotopic (exact) mass is 462 g/mol. The minimum atomic E-state index is -0.792. The van der Waals surface area contributed by atoms with Gasteiger partial charge in [-0.15, -0.1) is 10.2 Å². The number of nitrogens with zero attached hydrogens (tertiary/aromatic N) is 3. The highest BCUT2D eigenvalue weighted by Gasteiger charge is 2.20. The molecule has 0 saturated heterocycles. The van der Waals surface area contributed by atoms with Crippen LogP contribution in [-0.4, -0.2) is 33.0 Å². The smallest absolute Gasteiger partial charge is 0.234 e. The van der Waals surface area contributed by atoms with Gasteiger partial charge in [-0.2, -0.15) is 0 Å². The number of benzene rings is 2. The first kappa shape index (κ1) is 23.5. The first-order valence-corrected chi connectivity index (χ1v) is 11.1. The van der Waals surface area contributed by atoms with Crippen molar-refractivity contribution in [2.45, 2.75) is 38.6 Å². The highest BCUT2D eigenvalue weighted by atomic mass is 32.2. The average Bonchev–Trinajstić information content (AvgIpc) is 3.19. The van der Waals surface area contributed by atoms with E-state index in [4.69, 9.17) is 9.47 Å². The van der Waals surface area contributed by atoms with E-state index in [1.165, 1.54) is 17.8 Å². The van der Waals surface area contributed by atoms with Crippen LogP contribution in [0.2, 0.25) is 0 Å². The lowest BCUT2D eigenvalue weighted by atomic mass is 10.3. The fourth-order valence-electron chi connectivity index (χ4n) is 2.95. The molecule has 0 aliphatic rings. The van der Waals surface area contributed by atoms with E-state index in [9.17, 15) is 13.6 Å². The summed E-state index contributed by atoms with van der Waals surface area (Å²) in [6.07, 6.45) is -0.630. The van der Waals surface area contributed by atoms with Gasteiger partial charge in [0, 0.05) is 18.3 Å². The summed E-state index contributed by atoms with van der Waals surface area (Å²) in [5, 5.41) is 11.7. The van der Waals surface area contributed by atoms with Gasteiger partial charge in [-0.05, 0) is 57.2 Å². The lowest BCUT2D eigenvalue weighted by molar-refractivity contribution is -0.113. The second kappa shape index (κ2) is 10.9. The predicted octanol–water partition coefficient (Wildman–Crippen LogP) is 4.85. The highest BCUT2D eigenvalue weighted by Crippen LogP contribution is 2.27. The van der Waals surface area contributed by atoms with E-state index >= 15 is 0 Å². The first-order valence-electron chi connectivity index (χ1n) is 10.1. The van der Waals surface area contributed by atoms with E-state index in [1.54, 1.807) is 35.8 Å². The van der Waals surface area contributed by atoms with E-state index in [0.717, 1.165) is 17.9 Å². The summed E-state index contributed by atoms with van der Waals surface area (Å²) in [7, 11) is 0. The Labute approximate surface area is 189 Å². The van der Waals surface area contributed by atoms with Gasteiger partial charge in [0.1, 0.15) is 11.6 Å². The largest absolute Gasteiger partial charge is 0.494 e. The number of carbonyl (C=O) groups excluding carboxylic acids is 1. The summed E-state index contributed by atoms with van der Waals surface area (Å²) in [4.78, 5) is 12.3. The number of amides is 1. The Kier molecular flexibility index (Phi) is 8.04. The second-order valence-corrected chi connectivity index (χ2v) is 7.66. The molecule has 32 heavy (non-hydrogen) atoms. The molecule has 2 aromatic carbocycles. The van der Waals surface area contributed by atoms with Crippen molar-refractivity contribution in [3.8, 4) is 11.5 Å². The fourth-order valence-corrected chi connectivity index (χ4v) is 3.76. The molecule has 0 aliphatic heterocycles. The maximum Gasteiger partial charge on any atom is 0.234 e. The van der Waals surface area contributed by atoms with E-state index in [0.29, 0.717) is 29.8 Å². The molecule has 1 heterocycles. The van der Waals surface area contributed by atoms with Gasteiger partial charge in [0.05, 0.1) is 12.4 Å². The molecule has 1 aromatic heterocycles. The minimum Gasteiger partial charge on any atom is -0.494 e. The van der Waals surface area contributed by atoms with Crippen molar-refractivity contribution in [3.63, 3.8) is 0 Å². The van der Waals surface area contributed by atoms with Crippen LogP contribution in [0.25, 0.3) is 0 Å². The van der Waals surface area contributed by atoms with Crippen molar-refractivity contribution in [2.24, 2.45) is 0 Å². The van der Waals surface area contributed by atoms with E-state index < -0.39 is 17.7 Å². The number of ether oxygens (including phenoxy) is 2. The first-order chi connectivity index (χ1) is 15.4. The van der Waals surface area contributed by atoms with Gasteiger partial charge in [-0.3, -0.25) is 4.79 Å². The summed E-state index contributed by atoms with van der Waals surface area (Å²) >= 11 is 1.23. The van der Waals surface area contributed by atoms with Gasteiger partial charge in [0.2, 0.25) is 5.91 Å². The molecular formula is C22H24F2N4O3S. The van der Waals surface area contributed by atoms with Crippen LogP contribution in [0.4, 0.5) is 14.5 Å². The molecule has 10 heteroatoms. The number of nitrogens with one attached hydrogen (secondary N) is 1. The molecule has 1 atom stereocenters. The topological polar surface area (TPSA) is 78.3 Å². The Morgan fingerprint density at radius 2 is 1.91 bits per heavy atom. The van der Waals surface area contributed by atoms with E-state index in [1.807, 2.05) is 13.8 Å². The zero-order chi connectivity index (χ0) is 23.1. The van der Waals surface area contributed by atoms with E-state index in [2.05, 4.69) is 15.5 Å². The van der Waals surface area contributed by atoms with Crippen LogP contribution < -0.4 is 14.8 Å². The van der Waals surface area contributed by atoms with Gasteiger partial charge in [0.15, 0.2) is 28.7 Å². The zero-order valence-corrected chi connectivity index (χ0v) is 18.8. The molecule has 0 saturated carbocycles. The molecule has 1 unspecified atom stereocenters. The summed E-state index contributed by atoms with van der Waals surface area (Å²) in [6, 6.07) is 10.2. The molecule has 3 rings (SSSR count). The van der Waals surface area contributed by atoms with E-state index in [-0.39, 0.29) is 17.4 Å². The van der Waals surface area contributed by atoms with Crippen LogP contribution >= 0.6 is 11.8 Å². The molecule has 1 N–H and O–H groups in total. The van der Waals surface area contributed by atoms with Gasteiger partial charge in [-0.1, -0.05) is 11.8 Å². The number of rotatable bonds is 10. The zero-order valence-electron chi connectivity index (χ0n) is 18.0. The number of aromatic nitrogens is 3. The normalized spacial score (nSPS) is 11.8. The molecule has 7 nitrogen and oxygen atoms in total. The second-order valence-electron chi connectivity index (χ2n) is 6.71. The van der Waals surface area contributed by atoms with Crippen LogP contribution in [-0.2, 0) is 11.3 Å². The Morgan fingerprint density at radius 3 is 2.56 bits per heavy atom. The molecule has 0 bridgehead atoms. The van der Waals surface area contributed by atoms with Crippen LogP contribution in [0.1, 0.15) is 32.7 Å². The molecule has 0 spiro atoms. The minimum absolute atomic E-state index is 0.0755. The Morgan fingerprint density at radius 1 is 1.16 bits per heavy atom. The lowest BCUT2D eigenvalue weighted by Crippen LogP contribution is -2.15. The van der Waals surface area contributed by atoms with Crippen molar-refractivity contribution in [3.05, 3.63) is 59.9 Å². The molecule has 0 aliphatic carbocycles. The SMILES string of the molecule is CCOc1ccc(NC(=O)CSc2nnc(C(C)Oc3ccc(F)cc3F)n2CC)cc1. The number of thioether (sulfide) groups is 1. The van der Waals surface area contributed by atoms with Crippen LogP contribution in [0.3, 0.4) is 0 Å². The Hall–Kier alpha value is -3.14. The van der Waals surface area contributed by atoms with Gasteiger partial charge >= 0.3 is 0 Å². The molecule has 0 radical (unpaired) electrons. The molecule has 0 fully saturated rings. The highest BCUT2D eigenvalue weighted by molar-refractivity contribution is 7.99. The predicted molar refractivity (Wildman–Crippen MR) is 118 cm³/mol. The van der Waals surface area contributed by atoms with Crippen molar-refractivity contribution in [1.29, 1.82) is 0 Å². The molecular weight excluding hydrogens is 438 g/mol. The summed E-state index contributed by atoms with van der Waals surface area (Å²) < 4.78 is 39.8. The summed E-state index contributed by atoms with van der Waals surface area (Å²) in [5.41, 5.74) is 0.667. The van der Waals surface area contributed by atoms with Crippen molar-refractivity contribution >= 4 is 23.4 Å². The Balaban J connectivity index is 1.60. The van der Waals surface area contributed by atoms with Crippen LogP contribution in [0, 0.1) is 11.6 Å². The molecule has 3 aromatic rings. The van der Waals surface area contributed by atoms with Crippen molar-refractivity contribution < 1.29 is 23.0 Å². The third-order valence-electron chi connectivity index (χ3n) is 4.40. The summed E-state index contributed by atoms with van der Waals surface area (Å²) in [5.74, 6) is -0.391. The third-order valence-corrected chi connectivity index (χ3v) is 5.37. The quantitative estimate of drug-likeness (QED) is 0.434. The number of halogens is 2. The summed E-state index contributed by atoms with van der Waals surface area (Å²) in [6.45, 7) is 6.62. The van der Waals surface area contributed by atoms with Gasteiger partial charge in [-0.25, -0.2) is 8.78 Å². The fraction of sp³-hybridized carbons (Fsp3) is 0.318. The number of hydrogen-bond donors (Lipinski definition) is 1. The number of anilines is 1. The van der Waals surface area contributed by atoms with Crippen LogP contribution in [0.15, 0.2) is 47.6 Å². The van der Waals surface area contributed by atoms with Gasteiger partial charge < -0.3 is 19.4 Å². The Bertz CT molecular complexity index is 1060. The van der Waals surface area contributed by atoms with Crippen LogP contribution in [0.5, 0.6) is 11.5 Å². The van der Waals surface area contributed by atoms with Gasteiger partial charge in [0.25, 0.3) is 0 Å². The van der Waals surface area contributed by atoms with Crippen molar-refractivity contribution in [2.75, 3.05) is 17.7 Å². The average molecular weight is 463 g/mol.